The highest BCUT2D eigenvalue weighted by Gasteiger charge is 2.23. The van der Waals surface area contributed by atoms with Gasteiger partial charge in [-0.05, 0) is 62.4 Å². The van der Waals surface area contributed by atoms with E-state index in [2.05, 4.69) is 15.8 Å². The van der Waals surface area contributed by atoms with Crippen molar-refractivity contribution in [3.8, 4) is 5.69 Å². The van der Waals surface area contributed by atoms with Gasteiger partial charge in [0.2, 0.25) is 15.9 Å². The molecule has 0 saturated carbocycles. The zero-order valence-electron chi connectivity index (χ0n) is 19.7. The molecule has 0 unspecified atom stereocenters. The molecular weight excluding hydrogens is 490 g/mol. The van der Waals surface area contributed by atoms with E-state index in [0.717, 1.165) is 26.9 Å². The summed E-state index contributed by atoms with van der Waals surface area (Å²) in [6.45, 7) is 4.81. The Balaban J connectivity index is 1.64. The quantitative estimate of drug-likeness (QED) is 0.353. The van der Waals surface area contributed by atoms with Crippen LogP contribution in [0, 0.1) is 13.8 Å². The van der Waals surface area contributed by atoms with Crippen molar-refractivity contribution in [2.24, 2.45) is 5.10 Å². The summed E-state index contributed by atoms with van der Waals surface area (Å²) in [7, 11) is -2.60. The zero-order chi connectivity index (χ0) is 25.8. The Hall–Kier alpha value is -3.47. The van der Waals surface area contributed by atoms with E-state index in [-0.39, 0.29) is 10.8 Å². The molecule has 0 aliphatic carbocycles. The maximum Gasteiger partial charge on any atom is 0.255 e. The first-order valence-electron chi connectivity index (χ1n) is 10.6. The molecule has 9 nitrogen and oxygen atoms in total. The van der Waals surface area contributed by atoms with E-state index >= 15 is 0 Å². The van der Waals surface area contributed by atoms with Crippen molar-refractivity contribution in [3.63, 3.8) is 0 Å². The smallest absolute Gasteiger partial charge is 0.255 e. The van der Waals surface area contributed by atoms with Gasteiger partial charge in [-0.25, -0.2) is 13.8 Å². The number of aryl methyl sites for hydroxylation is 1. The van der Waals surface area contributed by atoms with Crippen molar-refractivity contribution in [3.05, 3.63) is 76.6 Å². The molecular formula is C24H26ClN5O4S. The number of aromatic nitrogens is 1. The molecule has 0 atom stereocenters. The van der Waals surface area contributed by atoms with Crippen molar-refractivity contribution in [2.75, 3.05) is 18.9 Å². The van der Waals surface area contributed by atoms with Crippen molar-refractivity contribution in [1.82, 2.24) is 14.3 Å². The molecule has 11 heteroatoms. The minimum atomic E-state index is -3.91. The molecule has 0 bridgehead atoms. The van der Waals surface area contributed by atoms with E-state index in [0.29, 0.717) is 10.7 Å². The lowest BCUT2D eigenvalue weighted by Crippen LogP contribution is -2.36. The number of likely N-dealkylation sites (N-methyl/N-ethyl adjacent to an activating group) is 1. The first-order chi connectivity index (χ1) is 16.5. The number of nitrogens with zero attached hydrogens (tertiary/aromatic N) is 3. The Morgan fingerprint density at radius 1 is 1.11 bits per heavy atom. The van der Waals surface area contributed by atoms with Gasteiger partial charge < -0.3 is 9.88 Å². The largest absolute Gasteiger partial charge is 0.326 e. The summed E-state index contributed by atoms with van der Waals surface area (Å²) in [6, 6.07) is 15.1. The van der Waals surface area contributed by atoms with Gasteiger partial charge in [0.25, 0.3) is 5.91 Å². The summed E-state index contributed by atoms with van der Waals surface area (Å²) in [6.07, 6.45) is 1.51. The Kier molecular flexibility index (Phi) is 8.11. The van der Waals surface area contributed by atoms with E-state index in [9.17, 15) is 18.0 Å². The minimum absolute atomic E-state index is 0.00106. The van der Waals surface area contributed by atoms with Gasteiger partial charge in [0.1, 0.15) is 0 Å². The first-order valence-corrected chi connectivity index (χ1v) is 12.4. The average molecular weight is 516 g/mol. The predicted molar refractivity (Wildman–Crippen MR) is 137 cm³/mol. The molecule has 0 aliphatic rings. The number of carbonyl (C=O) groups is 2. The lowest BCUT2D eigenvalue weighted by molar-refractivity contribution is -0.121. The van der Waals surface area contributed by atoms with Gasteiger partial charge in [-0.15, -0.1) is 0 Å². The molecule has 1 heterocycles. The van der Waals surface area contributed by atoms with Crippen LogP contribution in [-0.4, -0.2) is 48.9 Å². The standard InChI is InChI=1S/C24H26ClN5O4S/c1-16-12-19(17(2)30(16)22-7-5-6-20(25)13-22)14-26-28-24(32)15-29(4)35(33,34)23-10-8-21(9-11-23)27-18(3)31/h5-14H,15H2,1-4H3,(H,27,31)(H,28,32)/b26-14-. The maximum absolute atomic E-state index is 12.7. The number of anilines is 1. The summed E-state index contributed by atoms with van der Waals surface area (Å²) in [5.74, 6) is -0.854. The molecule has 3 rings (SSSR count). The molecule has 2 amide bonds. The fourth-order valence-electron chi connectivity index (χ4n) is 3.52. The van der Waals surface area contributed by atoms with Crippen molar-refractivity contribution in [1.29, 1.82) is 0 Å². The second-order valence-corrected chi connectivity index (χ2v) is 10.4. The van der Waals surface area contributed by atoms with E-state index in [4.69, 9.17) is 11.6 Å². The summed E-state index contributed by atoms with van der Waals surface area (Å²) < 4.78 is 28.4. The lowest BCUT2D eigenvalue weighted by atomic mass is 10.2. The monoisotopic (exact) mass is 515 g/mol. The maximum atomic E-state index is 12.7. The third-order valence-electron chi connectivity index (χ3n) is 5.18. The van der Waals surface area contributed by atoms with Crippen LogP contribution in [0.2, 0.25) is 5.02 Å². The van der Waals surface area contributed by atoms with Gasteiger partial charge in [-0.2, -0.15) is 9.41 Å². The van der Waals surface area contributed by atoms with E-state index < -0.39 is 22.5 Å². The number of hydrogen-bond donors (Lipinski definition) is 2. The summed E-state index contributed by atoms with van der Waals surface area (Å²) >= 11 is 6.11. The topological polar surface area (TPSA) is 113 Å². The Labute approximate surface area is 209 Å². The average Bonchev–Trinajstić information content (AvgIpc) is 3.06. The number of amides is 2. The van der Waals surface area contributed by atoms with Gasteiger partial charge in [0.05, 0.1) is 17.7 Å². The van der Waals surface area contributed by atoms with E-state index in [1.54, 1.807) is 6.07 Å². The van der Waals surface area contributed by atoms with Gasteiger partial charge in [0.15, 0.2) is 0 Å². The van der Waals surface area contributed by atoms with Crippen molar-refractivity contribution >= 4 is 45.3 Å². The van der Waals surface area contributed by atoms with Gasteiger partial charge in [-0.3, -0.25) is 9.59 Å². The fourth-order valence-corrected chi connectivity index (χ4v) is 4.83. The molecule has 0 spiro atoms. The fraction of sp³-hybridized carbons (Fsp3) is 0.208. The van der Waals surface area contributed by atoms with E-state index in [1.165, 1.54) is 44.5 Å². The summed E-state index contributed by atoms with van der Waals surface area (Å²) in [5.41, 5.74) is 6.42. The highest BCUT2D eigenvalue weighted by molar-refractivity contribution is 7.89. The van der Waals surface area contributed by atoms with Crippen LogP contribution in [-0.2, 0) is 19.6 Å². The van der Waals surface area contributed by atoms with Gasteiger partial charge in [0, 0.05) is 47.3 Å². The second kappa shape index (κ2) is 10.9. The molecule has 0 radical (unpaired) electrons. The lowest BCUT2D eigenvalue weighted by Gasteiger charge is -2.16. The number of sulfonamides is 1. The molecule has 3 aromatic rings. The van der Waals surface area contributed by atoms with Crippen LogP contribution in [0.15, 0.2) is 64.6 Å². The van der Waals surface area contributed by atoms with Gasteiger partial charge in [-0.1, -0.05) is 17.7 Å². The summed E-state index contributed by atoms with van der Waals surface area (Å²) in [4.78, 5) is 23.4. The Bertz CT molecular complexity index is 1380. The molecule has 2 aromatic carbocycles. The van der Waals surface area contributed by atoms with Crippen LogP contribution < -0.4 is 10.7 Å². The Morgan fingerprint density at radius 3 is 2.43 bits per heavy atom. The van der Waals surface area contributed by atoms with Gasteiger partial charge >= 0.3 is 0 Å². The van der Waals surface area contributed by atoms with Crippen molar-refractivity contribution < 1.29 is 18.0 Å². The van der Waals surface area contributed by atoms with Crippen LogP contribution in [0.1, 0.15) is 23.9 Å². The molecule has 0 aliphatic heterocycles. The zero-order valence-corrected chi connectivity index (χ0v) is 21.3. The first kappa shape index (κ1) is 26.1. The highest BCUT2D eigenvalue weighted by atomic mass is 35.5. The molecule has 2 N–H and O–H groups in total. The normalized spacial score (nSPS) is 11.7. The molecule has 1 aromatic heterocycles. The number of benzene rings is 2. The highest BCUT2D eigenvalue weighted by Crippen LogP contribution is 2.22. The van der Waals surface area contributed by atoms with E-state index in [1.807, 2.05) is 42.7 Å². The Morgan fingerprint density at radius 2 is 1.80 bits per heavy atom. The molecule has 0 fully saturated rings. The van der Waals surface area contributed by atoms with Crippen LogP contribution in [0.3, 0.4) is 0 Å². The van der Waals surface area contributed by atoms with Crippen LogP contribution in [0.4, 0.5) is 5.69 Å². The van der Waals surface area contributed by atoms with Crippen LogP contribution in [0.25, 0.3) is 5.69 Å². The predicted octanol–water partition coefficient (Wildman–Crippen LogP) is 3.48. The third-order valence-corrected chi connectivity index (χ3v) is 7.23. The molecule has 184 valence electrons. The molecule has 0 saturated heterocycles. The van der Waals surface area contributed by atoms with Crippen LogP contribution in [0.5, 0.6) is 0 Å². The number of hydrogen-bond acceptors (Lipinski definition) is 5. The number of hydrazone groups is 1. The SMILES string of the molecule is CC(=O)Nc1ccc(S(=O)(=O)N(C)CC(=O)N/N=C\c2cc(C)n(-c3cccc(Cl)c3)c2C)cc1. The minimum Gasteiger partial charge on any atom is -0.326 e. The second-order valence-electron chi connectivity index (χ2n) is 7.90. The third kappa shape index (κ3) is 6.36. The summed E-state index contributed by atoms with van der Waals surface area (Å²) in [5, 5.41) is 7.18. The van der Waals surface area contributed by atoms with Crippen molar-refractivity contribution in [2.45, 2.75) is 25.7 Å². The van der Waals surface area contributed by atoms with Crippen LogP contribution >= 0.6 is 11.6 Å². The number of nitrogens with one attached hydrogen (secondary N) is 2. The molecule has 35 heavy (non-hydrogen) atoms. The number of rotatable bonds is 8. The number of halogens is 1. The number of carbonyl (C=O) groups excluding carboxylic acids is 2.